The standard InChI is InChI=1S/C23H31ClN4O5/c1-25-12-17(29)13-32-18-9-14(8-15(24)10-18)22-26-19(21-23(30-3)33-21)11-20(27-22)28(2)16-4-6-31-7-5-16/h8-11,16-17,21,23,25,29H,4-7,12-13H2,1-3H3. The number of rotatable bonds is 10. The first-order valence-electron chi connectivity index (χ1n) is 11.1. The molecule has 1 aromatic carbocycles. The van der Waals surface area contributed by atoms with Crippen LogP contribution >= 0.6 is 11.6 Å². The fourth-order valence-corrected chi connectivity index (χ4v) is 4.14. The van der Waals surface area contributed by atoms with Gasteiger partial charge in [-0.25, -0.2) is 9.97 Å². The van der Waals surface area contributed by atoms with Gasteiger partial charge in [0.15, 0.2) is 18.2 Å². The second-order valence-corrected chi connectivity index (χ2v) is 8.72. The molecule has 2 aromatic rings. The van der Waals surface area contributed by atoms with Crippen LogP contribution in [0.5, 0.6) is 5.75 Å². The van der Waals surface area contributed by atoms with Gasteiger partial charge in [0.05, 0.1) is 5.69 Å². The van der Waals surface area contributed by atoms with Crippen molar-refractivity contribution in [3.05, 3.63) is 35.0 Å². The van der Waals surface area contributed by atoms with E-state index in [1.807, 2.05) is 19.2 Å². The van der Waals surface area contributed by atoms with Crippen LogP contribution < -0.4 is 15.0 Å². The fourth-order valence-electron chi connectivity index (χ4n) is 3.92. The number of benzene rings is 1. The molecule has 2 saturated heterocycles. The Kier molecular flexibility index (Phi) is 8.00. The van der Waals surface area contributed by atoms with Crippen LogP contribution in [-0.4, -0.2) is 81.1 Å². The highest BCUT2D eigenvalue weighted by Crippen LogP contribution is 2.40. The molecular formula is C23H31ClN4O5. The average Bonchev–Trinajstić information content (AvgIpc) is 3.63. The molecule has 0 bridgehead atoms. The topological polar surface area (TPSA) is 102 Å². The molecule has 180 valence electrons. The first kappa shape index (κ1) is 24.1. The quantitative estimate of drug-likeness (QED) is 0.498. The smallest absolute Gasteiger partial charge is 0.190 e. The van der Waals surface area contributed by atoms with Gasteiger partial charge in [0.2, 0.25) is 0 Å². The van der Waals surface area contributed by atoms with Crippen molar-refractivity contribution in [2.75, 3.05) is 52.5 Å². The van der Waals surface area contributed by atoms with E-state index in [4.69, 9.17) is 40.5 Å². The van der Waals surface area contributed by atoms with Crippen molar-refractivity contribution < 1.29 is 24.1 Å². The van der Waals surface area contributed by atoms with E-state index in [0.717, 1.165) is 43.1 Å². The van der Waals surface area contributed by atoms with Crippen LogP contribution in [0, 0.1) is 0 Å². The number of anilines is 1. The van der Waals surface area contributed by atoms with Crippen molar-refractivity contribution in [1.82, 2.24) is 15.3 Å². The molecule has 3 unspecified atom stereocenters. The van der Waals surface area contributed by atoms with Crippen LogP contribution in [-0.2, 0) is 14.2 Å². The van der Waals surface area contributed by atoms with Gasteiger partial charge in [-0.1, -0.05) is 11.6 Å². The third kappa shape index (κ3) is 6.11. The lowest BCUT2D eigenvalue weighted by Gasteiger charge is -2.32. The van der Waals surface area contributed by atoms with Crippen molar-refractivity contribution in [2.45, 2.75) is 37.4 Å². The molecule has 4 rings (SSSR count). The number of aliphatic hydroxyl groups excluding tert-OH is 1. The number of methoxy groups -OCH3 is 1. The Morgan fingerprint density at radius 1 is 1.24 bits per heavy atom. The van der Waals surface area contributed by atoms with Gasteiger partial charge in [0, 0.05) is 56.6 Å². The molecule has 3 atom stereocenters. The number of nitrogens with zero attached hydrogens (tertiary/aromatic N) is 3. The lowest BCUT2D eigenvalue weighted by molar-refractivity contribution is 0.0853. The first-order valence-corrected chi connectivity index (χ1v) is 11.5. The summed E-state index contributed by atoms with van der Waals surface area (Å²) in [5.74, 6) is 1.87. The molecule has 3 heterocycles. The minimum Gasteiger partial charge on any atom is -0.491 e. The van der Waals surface area contributed by atoms with Gasteiger partial charge in [-0.2, -0.15) is 0 Å². The molecular weight excluding hydrogens is 448 g/mol. The summed E-state index contributed by atoms with van der Waals surface area (Å²) in [5.41, 5.74) is 1.48. The Morgan fingerprint density at radius 2 is 2.03 bits per heavy atom. The predicted molar refractivity (Wildman–Crippen MR) is 125 cm³/mol. The highest BCUT2D eigenvalue weighted by Gasteiger charge is 2.42. The number of halogens is 1. The van der Waals surface area contributed by atoms with E-state index in [1.54, 1.807) is 26.3 Å². The van der Waals surface area contributed by atoms with Crippen LogP contribution in [0.3, 0.4) is 0 Å². The number of likely N-dealkylation sites (N-methyl/N-ethyl adjacent to an activating group) is 1. The second kappa shape index (κ2) is 10.9. The molecule has 2 aliphatic rings. The summed E-state index contributed by atoms with van der Waals surface area (Å²) in [4.78, 5) is 11.8. The van der Waals surface area contributed by atoms with Gasteiger partial charge in [0.25, 0.3) is 0 Å². The number of epoxide rings is 1. The van der Waals surface area contributed by atoms with Gasteiger partial charge < -0.3 is 34.3 Å². The molecule has 0 radical (unpaired) electrons. The fraction of sp³-hybridized carbons (Fsp3) is 0.565. The maximum Gasteiger partial charge on any atom is 0.190 e. The van der Waals surface area contributed by atoms with E-state index in [2.05, 4.69) is 10.2 Å². The Hall–Kier alpha value is -2.01. The number of hydrogen-bond donors (Lipinski definition) is 2. The summed E-state index contributed by atoms with van der Waals surface area (Å²) in [6.07, 6.45) is 0.715. The predicted octanol–water partition coefficient (Wildman–Crippen LogP) is 2.42. The molecule has 1 aromatic heterocycles. The molecule has 9 nitrogen and oxygen atoms in total. The molecule has 0 spiro atoms. The van der Waals surface area contributed by atoms with E-state index in [0.29, 0.717) is 29.2 Å². The first-order chi connectivity index (χ1) is 16.0. The van der Waals surface area contributed by atoms with E-state index in [-0.39, 0.29) is 19.0 Å². The summed E-state index contributed by atoms with van der Waals surface area (Å²) in [6.45, 7) is 2.06. The molecule has 2 aliphatic heterocycles. The van der Waals surface area contributed by atoms with E-state index < -0.39 is 6.10 Å². The van der Waals surface area contributed by atoms with Gasteiger partial charge in [-0.3, -0.25) is 0 Å². The average molecular weight is 479 g/mol. The summed E-state index contributed by atoms with van der Waals surface area (Å²) in [6, 6.07) is 7.63. The third-order valence-electron chi connectivity index (χ3n) is 5.82. The van der Waals surface area contributed by atoms with Crippen LogP contribution in [0.1, 0.15) is 24.6 Å². The molecule has 0 saturated carbocycles. The Labute approximate surface area is 199 Å². The number of nitrogens with one attached hydrogen (secondary N) is 1. The highest BCUT2D eigenvalue weighted by atomic mass is 35.5. The minimum atomic E-state index is -0.630. The van der Waals surface area contributed by atoms with E-state index in [1.165, 1.54) is 0 Å². The monoisotopic (exact) mass is 478 g/mol. The van der Waals surface area contributed by atoms with Gasteiger partial charge in [-0.15, -0.1) is 0 Å². The normalized spacial score (nSPS) is 21.6. The Balaban J connectivity index is 1.64. The summed E-state index contributed by atoms with van der Waals surface area (Å²) in [5, 5.41) is 13.4. The third-order valence-corrected chi connectivity index (χ3v) is 6.04. The summed E-state index contributed by atoms with van der Waals surface area (Å²) in [7, 11) is 5.44. The zero-order valence-electron chi connectivity index (χ0n) is 19.2. The Bertz CT molecular complexity index is 943. The minimum absolute atomic E-state index is 0.144. The number of hydrogen-bond acceptors (Lipinski definition) is 9. The molecule has 10 heteroatoms. The summed E-state index contributed by atoms with van der Waals surface area (Å²) < 4.78 is 22.2. The van der Waals surface area contributed by atoms with Crippen molar-refractivity contribution in [3.63, 3.8) is 0 Å². The van der Waals surface area contributed by atoms with Crippen molar-refractivity contribution >= 4 is 17.4 Å². The van der Waals surface area contributed by atoms with E-state index >= 15 is 0 Å². The van der Waals surface area contributed by atoms with E-state index in [9.17, 15) is 5.11 Å². The largest absolute Gasteiger partial charge is 0.491 e. The number of aliphatic hydroxyl groups is 1. The zero-order chi connectivity index (χ0) is 23.4. The molecule has 33 heavy (non-hydrogen) atoms. The lowest BCUT2D eigenvalue weighted by Crippen LogP contribution is -2.37. The number of aromatic nitrogens is 2. The molecule has 2 fully saturated rings. The van der Waals surface area contributed by atoms with Crippen LogP contribution in [0.4, 0.5) is 5.82 Å². The maximum absolute atomic E-state index is 9.95. The SMILES string of the molecule is CNCC(O)COc1cc(Cl)cc(-c2nc(C3OC3OC)cc(N(C)C3CCOCC3)n2)c1. The summed E-state index contributed by atoms with van der Waals surface area (Å²) >= 11 is 6.38. The zero-order valence-corrected chi connectivity index (χ0v) is 19.9. The second-order valence-electron chi connectivity index (χ2n) is 8.29. The number of ether oxygens (including phenoxy) is 4. The van der Waals surface area contributed by atoms with Crippen LogP contribution in [0.25, 0.3) is 11.4 Å². The molecule has 2 N–H and O–H groups in total. The van der Waals surface area contributed by atoms with Crippen molar-refractivity contribution in [2.24, 2.45) is 0 Å². The van der Waals surface area contributed by atoms with Gasteiger partial charge >= 0.3 is 0 Å². The van der Waals surface area contributed by atoms with Crippen molar-refractivity contribution in [1.29, 1.82) is 0 Å². The molecule has 0 amide bonds. The van der Waals surface area contributed by atoms with Gasteiger partial charge in [0.1, 0.15) is 24.3 Å². The van der Waals surface area contributed by atoms with Crippen molar-refractivity contribution in [3.8, 4) is 17.1 Å². The van der Waals surface area contributed by atoms with Crippen LogP contribution in [0.15, 0.2) is 24.3 Å². The van der Waals surface area contributed by atoms with Gasteiger partial charge in [-0.05, 0) is 38.1 Å². The highest BCUT2D eigenvalue weighted by molar-refractivity contribution is 6.31. The Morgan fingerprint density at radius 3 is 2.73 bits per heavy atom. The lowest BCUT2D eigenvalue weighted by atomic mass is 10.1. The maximum atomic E-state index is 9.95. The van der Waals surface area contributed by atoms with Crippen LogP contribution in [0.2, 0.25) is 5.02 Å². The molecule has 0 aliphatic carbocycles.